The topological polar surface area (TPSA) is 90.1 Å². The predicted octanol–water partition coefficient (Wildman–Crippen LogP) is 6.81. The number of hydrogen-bond donors (Lipinski definition) is 0. The third-order valence-corrected chi connectivity index (χ3v) is 6.75. The maximum Gasteiger partial charge on any atom is 0.270 e. The highest BCUT2D eigenvalue weighted by atomic mass is 79.9. The van der Waals surface area contributed by atoms with Crippen LogP contribution in [0.1, 0.15) is 23.6 Å². The molecule has 5 rings (SSSR count). The van der Waals surface area contributed by atoms with Gasteiger partial charge in [-0.25, -0.2) is 14.4 Å². The fourth-order valence-corrected chi connectivity index (χ4v) is 4.94. The Kier molecular flexibility index (Phi) is 7.84. The minimum absolute atomic E-state index is 0. The first kappa shape index (κ1) is 26.2. The van der Waals surface area contributed by atoms with E-state index in [0.29, 0.717) is 34.3 Å². The number of non-ortho nitro benzene ring substituents is 1. The molecule has 0 saturated carbocycles. The quantitative estimate of drug-likeness (QED) is 0.175. The SMILES string of the molecule is Br.COc1ccc(-c2csc(N3N=C(c4cccc([N+](=O)[O-])c4)CC3c3ccc(F)cc3)n2)cc1OC. The molecule has 0 N–H and O–H groups in total. The summed E-state index contributed by atoms with van der Waals surface area (Å²) in [7, 11) is 3.16. The van der Waals surface area contributed by atoms with Gasteiger partial charge >= 0.3 is 0 Å². The van der Waals surface area contributed by atoms with E-state index in [0.717, 1.165) is 16.8 Å². The van der Waals surface area contributed by atoms with Crippen molar-refractivity contribution in [1.82, 2.24) is 4.98 Å². The molecule has 3 aromatic carbocycles. The number of methoxy groups -OCH3 is 2. The second-order valence-corrected chi connectivity index (χ2v) is 8.89. The molecule has 11 heteroatoms. The second-order valence-electron chi connectivity index (χ2n) is 8.06. The zero-order chi connectivity index (χ0) is 25.2. The number of benzene rings is 3. The smallest absolute Gasteiger partial charge is 0.270 e. The molecule has 0 radical (unpaired) electrons. The number of ether oxygens (including phenoxy) is 2. The minimum atomic E-state index is -0.426. The van der Waals surface area contributed by atoms with Crippen molar-refractivity contribution in [3.05, 3.63) is 99.2 Å². The van der Waals surface area contributed by atoms with Gasteiger partial charge in [-0.3, -0.25) is 10.1 Å². The van der Waals surface area contributed by atoms with Crippen molar-refractivity contribution in [2.45, 2.75) is 12.5 Å². The molecule has 1 aliphatic heterocycles. The summed E-state index contributed by atoms with van der Waals surface area (Å²) < 4.78 is 24.4. The number of nitrogens with zero attached hydrogens (tertiary/aromatic N) is 4. The molecule has 190 valence electrons. The van der Waals surface area contributed by atoms with E-state index in [1.165, 1.54) is 35.6 Å². The van der Waals surface area contributed by atoms with Gasteiger partial charge in [0.05, 0.1) is 36.6 Å². The van der Waals surface area contributed by atoms with Crippen LogP contribution in [-0.2, 0) is 0 Å². The molecule has 4 aromatic rings. The van der Waals surface area contributed by atoms with E-state index in [9.17, 15) is 14.5 Å². The van der Waals surface area contributed by atoms with Crippen molar-refractivity contribution in [2.24, 2.45) is 5.10 Å². The largest absolute Gasteiger partial charge is 0.493 e. The van der Waals surface area contributed by atoms with E-state index in [1.54, 1.807) is 43.5 Å². The van der Waals surface area contributed by atoms with E-state index in [4.69, 9.17) is 19.6 Å². The van der Waals surface area contributed by atoms with Gasteiger partial charge in [0, 0.05) is 35.1 Å². The molecule has 0 saturated heterocycles. The van der Waals surface area contributed by atoms with Crippen molar-refractivity contribution in [2.75, 3.05) is 19.2 Å². The second kappa shape index (κ2) is 11.1. The van der Waals surface area contributed by atoms with Crippen molar-refractivity contribution in [1.29, 1.82) is 0 Å². The Bertz CT molecular complexity index is 1460. The van der Waals surface area contributed by atoms with Crippen LogP contribution < -0.4 is 14.5 Å². The van der Waals surface area contributed by atoms with Crippen LogP contribution in [0.25, 0.3) is 11.3 Å². The van der Waals surface area contributed by atoms with Crippen LogP contribution in [0, 0.1) is 15.9 Å². The molecule has 1 aromatic heterocycles. The first-order valence-electron chi connectivity index (χ1n) is 11.0. The molecule has 1 aliphatic rings. The molecule has 37 heavy (non-hydrogen) atoms. The number of rotatable bonds is 7. The number of hydrogen-bond acceptors (Lipinski definition) is 8. The Morgan fingerprint density at radius 3 is 2.49 bits per heavy atom. The van der Waals surface area contributed by atoms with Crippen molar-refractivity contribution >= 4 is 44.8 Å². The summed E-state index contributed by atoms with van der Waals surface area (Å²) >= 11 is 1.43. The number of nitro groups is 1. The van der Waals surface area contributed by atoms with E-state index < -0.39 is 4.92 Å². The van der Waals surface area contributed by atoms with E-state index in [2.05, 4.69) is 0 Å². The van der Waals surface area contributed by atoms with Gasteiger partial charge in [-0.1, -0.05) is 24.3 Å². The molecule has 0 fully saturated rings. The van der Waals surface area contributed by atoms with Gasteiger partial charge in [-0.15, -0.1) is 28.3 Å². The summed E-state index contributed by atoms with van der Waals surface area (Å²) in [6.07, 6.45) is 0.484. The molecule has 0 spiro atoms. The number of anilines is 1. The zero-order valence-corrected chi connectivity index (χ0v) is 22.4. The summed E-state index contributed by atoms with van der Waals surface area (Å²) in [6, 6.07) is 18.0. The van der Waals surface area contributed by atoms with Gasteiger partial charge in [0.2, 0.25) is 5.13 Å². The van der Waals surface area contributed by atoms with Gasteiger partial charge in [0.15, 0.2) is 11.5 Å². The van der Waals surface area contributed by atoms with Crippen molar-refractivity contribution in [3.63, 3.8) is 0 Å². The van der Waals surface area contributed by atoms with Crippen LogP contribution in [0.3, 0.4) is 0 Å². The molecule has 8 nitrogen and oxygen atoms in total. The molecule has 1 atom stereocenters. The maximum absolute atomic E-state index is 13.6. The Balaban J connectivity index is 0.00000320. The lowest BCUT2D eigenvalue weighted by molar-refractivity contribution is -0.384. The summed E-state index contributed by atoms with van der Waals surface area (Å²) in [5.74, 6) is 0.896. The Morgan fingerprint density at radius 2 is 1.78 bits per heavy atom. The normalized spacial score (nSPS) is 14.6. The zero-order valence-electron chi connectivity index (χ0n) is 19.8. The Morgan fingerprint density at radius 1 is 1.03 bits per heavy atom. The number of hydrazone groups is 1. The molecule has 0 amide bonds. The fourth-order valence-electron chi connectivity index (χ4n) is 4.10. The van der Waals surface area contributed by atoms with Crippen LogP contribution >= 0.6 is 28.3 Å². The average molecular weight is 585 g/mol. The summed E-state index contributed by atoms with van der Waals surface area (Å²) in [6.45, 7) is 0. The van der Waals surface area contributed by atoms with Gasteiger partial charge in [-0.2, -0.15) is 5.10 Å². The first-order valence-corrected chi connectivity index (χ1v) is 11.9. The molecule has 0 aliphatic carbocycles. The molecular formula is C26H22BrFN4O4S. The van der Waals surface area contributed by atoms with Gasteiger partial charge in [0.25, 0.3) is 5.69 Å². The van der Waals surface area contributed by atoms with Crippen LogP contribution in [0.5, 0.6) is 11.5 Å². The molecule has 2 heterocycles. The summed E-state index contributed by atoms with van der Waals surface area (Å²) in [5.41, 5.74) is 3.81. The fraction of sp³-hybridized carbons (Fsp3) is 0.154. The van der Waals surface area contributed by atoms with E-state index in [1.807, 2.05) is 23.6 Å². The highest BCUT2D eigenvalue weighted by molar-refractivity contribution is 8.93. The predicted molar refractivity (Wildman–Crippen MR) is 147 cm³/mol. The average Bonchev–Trinajstić information content (AvgIpc) is 3.57. The van der Waals surface area contributed by atoms with Crippen molar-refractivity contribution < 1.29 is 18.8 Å². The van der Waals surface area contributed by atoms with Crippen LogP contribution in [0.2, 0.25) is 0 Å². The summed E-state index contributed by atoms with van der Waals surface area (Å²) in [5, 5.41) is 20.5. The van der Waals surface area contributed by atoms with Crippen molar-refractivity contribution in [3.8, 4) is 22.8 Å². The number of nitro benzene ring substituents is 1. The summed E-state index contributed by atoms with van der Waals surface area (Å²) in [4.78, 5) is 15.7. The highest BCUT2D eigenvalue weighted by Crippen LogP contribution is 2.40. The number of halogens is 2. The Hall–Kier alpha value is -3.83. The number of thiazole rings is 1. The van der Waals surface area contributed by atoms with Gasteiger partial charge < -0.3 is 9.47 Å². The molecular weight excluding hydrogens is 563 g/mol. The molecule has 0 bridgehead atoms. The highest BCUT2D eigenvalue weighted by Gasteiger charge is 2.32. The number of aromatic nitrogens is 1. The van der Waals surface area contributed by atoms with Crippen LogP contribution in [-0.4, -0.2) is 29.8 Å². The minimum Gasteiger partial charge on any atom is -0.493 e. The lowest BCUT2D eigenvalue weighted by Crippen LogP contribution is -2.18. The van der Waals surface area contributed by atoms with Gasteiger partial charge in [-0.05, 0) is 35.9 Å². The first-order chi connectivity index (χ1) is 17.5. The third-order valence-electron chi connectivity index (χ3n) is 5.92. The monoisotopic (exact) mass is 584 g/mol. The maximum atomic E-state index is 13.6. The van der Waals surface area contributed by atoms with Crippen LogP contribution in [0.4, 0.5) is 15.2 Å². The van der Waals surface area contributed by atoms with Crippen LogP contribution in [0.15, 0.2) is 77.2 Å². The van der Waals surface area contributed by atoms with E-state index >= 15 is 0 Å². The third kappa shape index (κ3) is 5.32. The standard InChI is InChI=1S/C26H21FN4O4S.BrH/c1-34-24-11-8-18(13-25(24)35-2)22-15-36-26(28-22)30-23(16-6-9-19(27)10-7-16)14-21(29-30)17-4-3-5-20(12-17)31(32)33;/h3-13,15,23H,14H2,1-2H3;1H. The molecule has 1 unspecified atom stereocenters. The Labute approximate surface area is 226 Å². The van der Waals surface area contributed by atoms with E-state index in [-0.39, 0.29) is 34.5 Å². The lowest BCUT2D eigenvalue weighted by atomic mass is 9.98. The van der Waals surface area contributed by atoms with Gasteiger partial charge in [0.1, 0.15) is 5.82 Å². The lowest BCUT2D eigenvalue weighted by Gasteiger charge is -2.21.